The van der Waals surface area contributed by atoms with Crippen LogP contribution in [0.2, 0.25) is 0 Å². The summed E-state index contributed by atoms with van der Waals surface area (Å²) in [6, 6.07) is 11.7. The molecule has 0 aromatic heterocycles. The smallest absolute Gasteiger partial charge is 0.255 e. The Hall–Kier alpha value is -3.06. The summed E-state index contributed by atoms with van der Waals surface area (Å²) in [6.45, 7) is 1.21. The molecule has 0 radical (unpaired) electrons. The molecule has 0 saturated carbocycles. The monoisotopic (exact) mass is 384 g/mol. The molecule has 2 aromatic carbocycles. The number of hydrogen-bond donors (Lipinski definition) is 2. The van der Waals surface area contributed by atoms with E-state index in [1.807, 2.05) is 0 Å². The summed E-state index contributed by atoms with van der Waals surface area (Å²) in [4.78, 5) is 25.0. The van der Waals surface area contributed by atoms with E-state index in [0.29, 0.717) is 34.9 Å². The first-order valence-electron chi connectivity index (χ1n) is 9.14. The molecular weight excluding hydrogens is 360 g/mol. The lowest BCUT2D eigenvalue weighted by Crippen LogP contribution is -2.31. The Bertz CT molecular complexity index is 846. The summed E-state index contributed by atoms with van der Waals surface area (Å²) in [5.74, 6) is 0.530. The lowest BCUT2D eigenvalue weighted by atomic mass is 10.1. The van der Waals surface area contributed by atoms with Crippen molar-refractivity contribution < 1.29 is 23.8 Å². The molecule has 0 spiro atoms. The van der Waals surface area contributed by atoms with E-state index in [1.54, 1.807) is 49.6 Å². The Labute approximate surface area is 164 Å². The highest BCUT2D eigenvalue weighted by molar-refractivity contribution is 6.06. The van der Waals surface area contributed by atoms with Crippen molar-refractivity contribution in [3.63, 3.8) is 0 Å². The summed E-state index contributed by atoms with van der Waals surface area (Å²) in [7, 11) is 3.07. The molecule has 1 heterocycles. The fourth-order valence-electron chi connectivity index (χ4n) is 3.02. The van der Waals surface area contributed by atoms with Crippen LogP contribution in [0, 0.1) is 0 Å². The van der Waals surface area contributed by atoms with E-state index >= 15 is 0 Å². The molecule has 1 saturated heterocycles. The Kier molecular flexibility index (Phi) is 6.49. The molecule has 7 nitrogen and oxygen atoms in total. The van der Waals surface area contributed by atoms with Gasteiger partial charge in [-0.1, -0.05) is 6.07 Å². The van der Waals surface area contributed by atoms with Gasteiger partial charge >= 0.3 is 0 Å². The van der Waals surface area contributed by atoms with Crippen molar-refractivity contribution in [2.24, 2.45) is 0 Å². The van der Waals surface area contributed by atoms with Gasteiger partial charge in [0.15, 0.2) is 0 Å². The first-order valence-corrected chi connectivity index (χ1v) is 9.14. The van der Waals surface area contributed by atoms with Crippen molar-refractivity contribution in [2.45, 2.75) is 18.9 Å². The molecule has 148 valence electrons. The number of hydrogen-bond acceptors (Lipinski definition) is 5. The molecule has 1 aliphatic rings. The highest BCUT2D eigenvalue weighted by Crippen LogP contribution is 2.29. The van der Waals surface area contributed by atoms with Gasteiger partial charge in [0, 0.05) is 30.3 Å². The zero-order valence-corrected chi connectivity index (χ0v) is 16.0. The van der Waals surface area contributed by atoms with Gasteiger partial charge in [0.25, 0.3) is 11.8 Å². The van der Waals surface area contributed by atoms with E-state index in [1.165, 1.54) is 7.11 Å². The molecule has 2 amide bonds. The van der Waals surface area contributed by atoms with Crippen LogP contribution in [0.4, 0.5) is 5.69 Å². The first-order chi connectivity index (χ1) is 13.6. The number of ether oxygens (including phenoxy) is 3. The minimum atomic E-state index is -0.347. The minimum absolute atomic E-state index is 0.0657. The van der Waals surface area contributed by atoms with Crippen LogP contribution in [0.3, 0.4) is 0 Å². The standard InChI is InChI=1S/C21H24N2O5/c1-26-16-8-9-19(27-2)18(12-16)23-21(25)15-6-3-5-14(11-15)20(24)22-13-17-7-4-10-28-17/h3,5-6,8-9,11-12,17H,4,7,10,13H2,1-2H3,(H,22,24)(H,23,25). The Morgan fingerprint density at radius 3 is 2.54 bits per heavy atom. The lowest BCUT2D eigenvalue weighted by Gasteiger charge is -2.13. The number of methoxy groups -OCH3 is 2. The predicted octanol–water partition coefficient (Wildman–Crippen LogP) is 2.86. The molecule has 1 unspecified atom stereocenters. The van der Waals surface area contributed by atoms with E-state index in [9.17, 15) is 9.59 Å². The zero-order chi connectivity index (χ0) is 19.9. The van der Waals surface area contributed by atoms with Crippen molar-refractivity contribution in [1.82, 2.24) is 5.32 Å². The zero-order valence-electron chi connectivity index (χ0n) is 16.0. The second kappa shape index (κ2) is 9.23. The Morgan fingerprint density at radius 1 is 1.07 bits per heavy atom. The minimum Gasteiger partial charge on any atom is -0.497 e. The summed E-state index contributed by atoms with van der Waals surface area (Å²) < 4.78 is 16.0. The van der Waals surface area contributed by atoms with E-state index < -0.39 is 0 Å². The van der Waals surface area contributed by atoms with Gasteiger partial charge in [-0.2, -0.15) is 0 Å². The molecule has 7 heteroatoms. The van der Waals surface area contributed by atoms with Gasteiger partial charge in [-0.05, 0) is 43.2 Å². The fraction of sp³-hybridized carbons (Fsp3) is 0.333. The van der Waals surface area contributed by atoms with Gasteiger partial charge in [0.05, 0.1) is 26.0 Å². The van der Waals surface area contributed by atoms with Crippen LogP contribution in [0.1, 0.15) is 33.6 Å². The van der Waals surface area contributed by atoms with Gasteiger partial charge in [-0.3, -0.25) is 9.59 Å². The molecule has 3 rings (SSSR count). The summed E-state index contributed by atoms with van der Waals surface area (Å²) in [5.41, 5.74) is 1.28. The van der Waals surface area contributed by atoms with E-state index in [-0.39, 0.29) is 17.9 Å². The predicted molar refractivity (Wildman–Crippen MR) is 105 cm³/mol. The van der Waals surface area contributed by atoms with Crippen molar-refractivity contribution in [3.05, 3.63) is 53.6 Å². The lowest BCUT2D eigenvalue weighted by molar-refractivity contribution is 0.0858. The number of amides is 2. The first kappa shape index (κ1) is 19.7. The SMILES string of the molecule is COc1ccc(OC)c(NC(=O)c2cccc(C(=O)NCC3CCCO3)c2)c1. The molecule has 2 N–H and O–H groups in total. The number of benzene rings is 2. The maximum atomic E-state index is 12.7. The van der Waals surface area contributed by atoms with Crippen molar-refractivity contribution in [2.75, 3.05) is 32.7 Å². The third-order valence-corrected chi connectivity index (χ3v) is 4.56. The highest BCUT2D eigenvalue weighted by atomic mass is 16.5. The van der Waals surface area contributed by atoms with Crippen molar-refractivity contribution in [3.8, 4) is 11.5 Å². The summed E-state index contributed by atoms with van der Waals surface area (Å²) >= 11 is 0. The van der Waals surface area contributed by atoms with Crippen LogP contribution in [0.25, 0.3) is 0 Å². The second-order valence-electron chi connectivity index (χ2n) is 6.45. The van der Waals surface area contributed by atoms with Crippen LogP contribution in [0.5, 0.6) is 11.5 Å². The van der Waals surface area contributed by atoms with Gasteiger partial charge in [0.1, 0.15) is 11.5 Å². The van der Waals surface area contributed by atoms with Crippen molar-refractivity contribution in [1.29, 1.82) is 0 Å². The number of rotatable bonds is 7. The molecular formula is C21H24N2O5. The Balaban J connectivity index is 1.69. The number of carbonyl (C=O) groups is 2. The van der Waals surface area contributed by atoms with E-state index in [0.717, 1.165) is 19.4 Å². The molecule has 0 aliphatic carbocycles. The normalized spacial score (nSPS) is 15.7. The van der Waals surface area contributed by atoms with E-state index in [4.69, 9.17) is 14.2 Å². The van der Waals surface area contributed by atoms with Gasteiger partial charge < -0.3 is 24.8 Å². The fourth-order valence-corrected chi connectivity index (χ4v) is 3.02. The number of anilines is 1. The average molecular weight is 384 g/mol. The van der Waals surface area contributed by atoms with E-state index in [2.05, 4.69) is 10.6 Å². The van der Waals surface area contributed by atoms with Gasteiger partial charge in [0.2, 0.25) is 0 Å². The van der Waals surface area contributed by atoms with Crippen LogP contribution in [-0.4, -0.2) is 45.3 Å². The third-order valence-electron chi connectivity index (χ3n) is 4.56. The maximum Gasteiger partial charge on any atom is 0.255 e. The topological polar surface area (TPSA) is 85.9 Å². The summed E-state index contributed by atoms with van der Waals surface area (Å²) in [6.07, 6.45) is 2.03. The van der Waals surface area contributed by atoms with Crippen molar-refractivity contribution >= 4 is 17.5 Å². The summed E-state index contributed by atoms with van der Waals surface area (Å²) in [5, 5.41) is 5.66. The van der Waals surface area contributed by atoms with Crippen LogP contribution < -0.4 is 20.1 Å². The maximum absolute atomic E-state index is 12.7. The van der Waals surface area contributed by atoms with Gasteiger partial charge in [-0.15, -0.1) is 0 Å². The highest BCUT2D eigenvalue weighted by Gasteiger charge is 2.17. The average Bonchev–Trinajstić information content (AvgIpc) is 3.25. The van der Waals surface area contributed by atoms with Gasteiger partial charge in [-0.25, -0.2) is 0 Å². The van der Waals surface area contributed by atoms with Crippen LogP contribution in [0.15, 0.2) is 42.5 Å². The molecule has 28 heavy (non-hydrogen) atoms. The second-order valence-corrected chi connectivity index (χ2v) is 6.45. The molecule has 2 aromatic rings. The van der Waals surface area contributed by atoms with Crippen LogP contribution >= 0.6 is 0 Å². The molecule has 0 bridgehead atoms. The van der Waals surface area contributed by atoms with Crippen LogP contribution in [-0.2, 0) is 4.74 Å². The number of carbonyl (C=O) groups excluding carboxylic acids is 2. The number of nitrogens with one attached hydrogen (secondary N) is 2. The Morgan fingerprint density at radius 2 is 1.86 bits per heavy atom. The molecule has 1 aliphatic heterocycles. The third kappa shape index (κ3) is 4.80. The quantitative estimate of drug-likeness (QED) is 0.767. The molecule has 1 atom stereocenters. The largest absolute Gasteiger partial charge is 0.497 e. The molecule has 1 fully saturated rings.